The second kappa shape index (κ2) is 6.17. The van der Waals surface area contributed by atoms with Crippen molar-refractivity contribution in [1.82, 2.24) is 0 Å². The molecule has 0 radical (unpaired) electrons. The van der Waals surface area contributed by atoms with E-state index in [1.165, 1.54) is 30.4 Å². The van der Waals surface area contributed by atoms with E-state index < -0.39 is 0 Å². The summed E-state index contributed by atoms with van der Waals surface area (Å²) in [6, 6.07) is 11.0. The maximum Gasteiger partial charge on any atom is 0.0723 e. The molecule has 1 fully saturated rings. The van der Waals surface area contributed by atoms with E-state index in [0.717, 1.165) is 29.7 Å². The van der Waals surface area contributed by atoms with Gasteiger partial charge in [0.25, 0.3) is 0 Å². The Morgan fingerprint density at radius 1 is 1.28 bits per heavy atom. The van der Waals surface area contributed by atoms with Crippen molar-refractivity contribution >= 4 is 10.2 Å². The van der Waals surface area contributed by atoms with E-state index in [1.54, 1.807) is 0 Å². The van der Waals surface area contributed by atoms with Crippen molar-refractivity contribution in [3.8, 4) is 6.07 Å². The van der Waals surface area contributed by atoms with Crippen molar-refractivity contribution < 1.29 is 4.74 Å². The van der Waals surface area contributed by atoms with Gasteiger partial charge in [-0.3, -0.25) is 0 Å². The van der Waals surface area contributed by atoms with Crippen LogP contribution in [0.5, 0.6) is 0 Å². The van der Waals surface area contributed by atoms with E-state index >= 15 is 0 Å². The number of nitriles is 1. The first-order chi connectivity index (χ1) is 8.74. The quantitative estimate of drug-likeness (QED) is 0.614. The first-order valence-electron chi connectivity index (χ1n) is 6.85. The molecule has 18 heavy (non-hydrogen) atoms. The summed E-state index contributed by atoms with van der Waals surface area (Å²) in [6.07, 6.45) is 6.27. The molecule has 0 aliphatic carbocycles. The highest BCUT2D eigenvalue weighted by molar-refractivity contribution is 6.14. The third kappa shape index (κ3) is 3.21. The molecule has 96 valence electrons. The highest BCUT2D eigenvalue weighted by Gasteiger charge is 2.29. The first-order valence-corrected chi connectivity index (χ1v) is 7.85. The minimum absolute atomic E-state index is 0.0451. The number of hydrogen-bond acceptors (Lipinski definition) is 2. The molecular formula is C15H21NOSi. The summed E-state index contributed by atoms with van der Waals surface area (Å²) in [7, 11) is 1.05. The predicted molar refractivity (Wildman–Crippen MR) is 76.4 cm³/mol. The largest absolute Gasteiger partial charge is 0.375 e. The second-order valence-electron chi connectivity index (χ2n) is 5.25. The summed E-state index contributed by atoms with van der Waals surface area (Å²) in [5.74, 6) is 0. The summed E-state index contributed by atoms with van der Waals surface area (Å²) < 4.78 is 6.01. The highest BCUT2D eigenvalue weighted by Crippen LogP contribution is 2.32. The van der Waals surface area contributed by atoms with Crippen molar-refractivity contribution in [3.63, 3.8) is 0 Å². The lowest BCUT2D eigenvalue weighted by molar-refractivity contribution is -0.0210. The average molecular weight is 259 g/mol. The van der Waals surface area contributed by atoms with Crippen LogP contribution in [0.1, 0.15) is 43.2 Å². The number of benzene rings is 1. The van der Waals surface area contributed by atoms with Crippen LogP contribution in [-0.4, -0.2) is 16.8 Å². The van der Waals surface area contributed by atoms with Gasteiger partial charge in [0.15, 0.2) is 0 Å². The number of hydrogen-bond donors (Lipinski definition) is 0. The van der Waals surface area contributed by atoms with Crippen molar-refractivity contribution in [1.29, 1.82) is 5.26 Å². The zero-order chi connectivity index (χ0) is 12.8. The van der Waals surface area contributed by atoms with E-state index in [4.69, 9.17) is 10.00 Å². The van der Waals surface area contributed by atoms with Crippen LogP contribution >= 0.6 is 0 Å². The maximum atomic E-state index is 8.53. The minimum atomic E-state index is 0.0451. The van der Waals surface area contributed by atoms with Gasteiger partial charge in [0.2, 0.25) is 0 Å². The number of rotatable bonds is 4. The number of unbranched alkanes of at least 4 members (excludes halogenated alkanes) is 1. The summed E-state index contributed by atoms with van der Waals surface area (Å²) in [4.78, 5) is 0. The summed E-state index contributed by atoms with van der Waals surface area (Å²) in [5.41, 5.74) is 2.67. The van der Waals surface area contributed by atoms with Gasteiger partial charge in [-0.2, -0.15) is 5.26 Å². The van der Waals surface area contributed by atoms with E-state index in [2.05, 4.69) is 30.3 Å². The van der Waals surface area contributed by atoms with Crippen molar-refractivity contribution in [3.05, 3.63) is 35.4 Å². The fourth-order valence-corrected chi connectivity index (χ4v) is 3.45. The molecule has 1 aromatic rings. The molecule has 0 amide bonds. The van der Waals surface area contributed by atoms with E-state index in [-0.39, 0.29) is 5.22 Å². The lowest BCUT2D eigenvalue weighted by Crippen LogP contribution is -2.33. The van der Waals surface area contributed by atoms with Gasteiger partial charge in [-0.25, -0.2) is 0 Å². The van der Waals surface area contributed by atoms with Crippen LogP contribution < -0.4 is 0 Å². The van der Waals surface area contributed by atoms with Gasteiger partial charge >= 0.3 is 0 Å². The first kappa shape index (κ1) is 13.3. The standard InChI is InChI=1S/C15H21NOSi/c16-11-3-1-5-13-6-8-14(9-7-13)15(18)10-2-4-12-17-15/h6-9H,1-5,10,12H2,18H3. The van der Waals surface area contributed by atoms with Gasteiger partial charge in [0.1, 0.15) is 0 Å². The third-order valence-corrected chi connectivity index (χ3v) is 5.15. The molecule has 2 nitrogen and oxygen atoms in total. The number of nitrogens with zero attached hydrogens (tertiary/aromatic N) is 1. The Bertz CT molecular complexity index is 415. The van der Waals surface area contributed by atoms with E-state index in [0.29, 0.717) is 6.42 Å². The van der Waals surface area contributed by atoms with Crippen LogP contribution in [-0.2, 0) is 16.4 Å². The Labute approximate surface area is 112 Å². The molecule has 3 heteroatoms. The summed E-state index contributed by atoms with van der Waals surface area (Å²) in [6.45, 7) is 0.910. The van der Waals surface area contributed by atoms with E-state index in [1.807, 2.05) is 0 Å². The third-order valence-electron chi connectivity index (χ3n) is 3.79. The van der Waals surface area contributed by atoms with Crippen LogP contribution in [0.3, 0.4) is 0 Å². The fourth-order valence-electron chi connectivity index (χ4n) is 2.56. The van der Waals surface area contributed by atoms with Gasteiger partial charge < -0.3 is 4.74 Å². The lowest BCUT2D eigenvalue weighted by atomic mass is 9.98. The normalized spacial score (nSPS) is 23.7. The number of ether oxygens (including phenoxy) is 1. The highest BCUT2D eigenvalue weighted by atomic mass is 28.1. The van der Waals surface area contributed by atoms with Gasteiger partial charge in [-0.05, 0) is 43.2 Å². The van der Waals surface area contributed by atoms with Gasteiger partial charge in [-0.1, -0.05) is 24.3 Å². The zero-order valence-electron chi connectivity index (χ0n) is 11.1. The zero-order valence-corrected chi connectivity index (χ0v) is 13.1. The van der Waals surface area contributed by atoms with Crippen molar-refractivity contribution in [2.45, 2.75) is 43.7 Å². The second-order valence-corrected chi connectivity index (χ2v) is 6.86. The Hall–Kier alpha value is -1.11. The van der Waals surface area contributed by atoms with Gasteiger partial charge in [0, 0.05) is 23.3 Å². The van der Waals surface area contributed by atoms with Crippen LogP contribution in [0.4, 0.5) is 0 Å². The molecule has 0 aromatic heterocycles. The van der Waals surface area contributed by atoms with Crippen LogP contribution in [0.25, 0.3) is 0 Å². The molecular weight excluding hydrogens is 238 g/mol. The summed E-state index contributed by atoms with van der Waals surface area (Å²) >= 11 is 0. The summed E-state index contributed by atoms with van der Waals surface area (Å²) in [5, 5.41) is 8.58. The molecule has 0 saturated carbocycles. The van der Waals surface area contributed by atoms with Crippen molar-refractivity contribution in [2.24, 2.45) is 0 Å². The smallest absolute Gasteiger partial charge is 0.0723 e. The molecule has 2 rings (SSSR count). The van der Waals surface area contributed by atoms with Crippen LogP contribution in [0, 0.1) is 11.3 Å². The average Bonchev–Trinajstić information content (AvgIpc) is 2.41. The number of aryl methyl sites for hydroxylation is 1. The van der Waals surface area contributed by atoms with Crippen LogP contribution in [0.2, 0.25) is 0 Å². The Kier molecular flexibility index (Phi) is 4.57. The molecule has 1 atom stereocenters. The fraction of sp³-hybridized carbons (Fsp3) is 0.533. The topological polar surface area (TPSA) is 33.0 Å². The molecule has 0 bridgehead atoms. The SMILES string of the molecule is N#CCCCc1ccc(C2([SiH3])CCCCO2)cc1. The van der Waals surface area contributed by atoms with E-state index in [9.17, 15) is 0 Å². The molecule has 1 unspecified atom stereocenters. The lowest BCUT2D eigenvalue weighted by Gasteiger charge is -2.34. The Morgan fingerprint density at radius 3 is 2.67 bits per heavy atom. The molecule has 1 aromatic carbocycles. The molecule has 1 saturated heterocycles. The molecule has 1 aliphatic rings. The molecule has 0 N–H and O–H groups in total. The predicted octanol–water partition coefficient (Wildman–Crippen LogP) is 2.25. The maximum absolute atomic E-state index is 8.53. The van der Waals surface area contributed by atoms with Gasteiger partial charge in [0.05, 0.1) is 11.3 Å². The van der Waals surface area contributed by atoms with Crippen molar-refractivity contribution in [2.75, 3.05) is 6.61 Å². The van der Waals surface area contributed by atoms with Gasteiger partial charge in [-0.15, -0.1) is 0 Å². The molecule has 0 spiro atoms. The Morgan fingerprint density at radius 2 is 2.06 bits per heavy atom. The minimum Gasteiger partial charge on any atom is -0.375 e. The monoisotopic (exact) mass is 259 g/mol. The molecule has 1 heterocycles. The van der Waals surface area contributed by atoms with Crippen LogP contribution in [0.15, 0.2) is 24.3 Å². The Balaban J connectivity index is 2.00. The molecule has 1 aliphatic heterocycles.